The van der Waals surface area contributed by atoms with Gasteiger partial charge in [0.2, 0.25) is 5.82 Å². The molecule has 5 aromatic rings. The summed E-state index contributed by atoms with van der Waals surface area (Å²) in [5.41, 5.74) is 5.02. The van der Waals surface area contributed by atoms with E-state index >= 15 is 4.39 Å². The largest absolute Gasteiger partial charge is 0.491 e. The van der Waals surface area contributed by atoms with Crippen molar-refractivity contribution in [2.24, 2.45) is 76.9 Å². The second-order valence-electron chi connectivity index (χ2n) is 38.8. The van der Waals surface area contributed by atoms with E-state index in [4.69, 9.17) is 32.7 Å². The molecule has 3 atom stereocenters. The van der Waals surface area contributed by atoms with Gasteiger partial charge in [-0.05, 0) is 309 Å². The summed E-state index contributed by atoms with van der Waals surface area (Å²) in [5.74, 6) is 6.58. The molecule has 0 bridgehead atoms. The average molecular weight is 1710 g/mol. The highest BCUT2D eigenvalue weighted by atomic mass is 35.5. The van der Waals surface area contributed by atoms with Crippen molar-refractivity contribution in [3.05, 3.63) is 163 Å². The van der Waals surface area contributed by atoms with Crippen molar-refractivity contribution in [3.8, 4) is 22.6 Å². The number of hydrogen-bond acceptors (Lipinski definition) is 2. The third-order valence-electron chi connectivity index (χ3n) is 30.8. The van der Waals surface area contributed by atoms with Crippen molar-refractivity contribution >= 4 is 34.3 Å². The minimum Gasteiger partial charge on any atom is -0.491 e. The van der Waals surface area contributed by atoms with E-state index in [9.17, 15) is 30.7 Å². The Hall–Kier alpha value is -4.80. The molecule has 8 aliphatic carbocycles. The van der Waals surface area contributed by atoms with E-state index < -0.39 is 40.7 Å². The van der Waals surface area contributed by atoms with Crippen LogP contribution in [0, 0.1) is 137 Å². The number of unbranched alkanes of at least 4 members (excludes halogenated alkanes) is 4. The molecule has 5 aromatic carbocycles. The van der Waals surface area contributed by atoms with Gasteiger partial charge in [0.15, 0.2) is 34.8 Å². The quantitative estimate of drug-likeness (QED) is 0.0316. The van der Waals surface area contributed by atoms with Gasteiger partial charge in [0, 0.05) is 22.3 Å². The van der Waals surface area contributed by atoms with Crippen LogP contribution in [0.1, 0.15) is 396 Å². The van der Waals surface area contributed by atoms with E-state index in [-0.39, 0.29) is 38.8 Å². The Kier molecular flexibility index (Phi) is 41.0. The van der Waals surface area contributed by atoms with Crippen LogP contribution in [0.25, 0.3) is 22.3 Å². The molecule has 12 heteroatoms. The van der Waals surface area contributed by atoms with Crippen LogP contribution in [-0.2, 0) is 6.42 Å². The van der Waals surface area contributed by atoms with E-state index in [0.717, 1.165) is 159 Å². The van der Waals surface area contributed by atoms with Crippen molar-refractivity contribution in [1.82, 2.24) is 0 Å². The molecule has 120 heavy (non-hydrogen) atoms. The highest BCUT2D eigenvalue weighted by molar-refractivity contribution is 6.33. The SMILES string of the molecule is CCCC1CCC(CCC2CC=C(c3ccc(OCC)c(F)c3F)CC2)CC1.CCCC1CCC(CCc2ccc(-c3ccc(C)c(F)c3Cl)c(F)c2F)CC1.CCCCCC(CC)Oc1ccc(C2CCC(C3CCC(CCC)CC3)CC2)c(F)c1Cl.CCCCCC1CCC(C2CCC(C3CC=C(c4ccc(C)c(F)c4F)CC3)CC2)CC1. The molecule has 13 rings (SSSR count). The molecular weight excluding hydrogens is 1550 g/mol. The fourth-order valence-corrected chi connectivity index (χ4v) is 23.6. The van der Waals surface area contributed by atoms with Crippen LogP contribution < -0.4 is 9.47 Å². The van der Waals surface area contributed by atoms with Crippen molar-refractivity contribution in [2.75, 3.05) is 6.61 Å². The standard InChI is InChI=1S/C30H44F2.C29H46ClFO.C25H36F2O.C24H28ClF3/c1-3-4-5-6-22-8-10-23(11-9-22)24-12-14-25(15-13-24)26-16-18-27(19-17-26)28-20-7-21(2)29(31)30(28)32;1-4-7-8-10-25(6-3)32-27-20-19-26(29(31)28(27)30)24-17-15-23(16-18-24)22-13-11-21(9-5-2)12-14-22;1-3-5-18-6-8-19(9-7-18)10-11-20-12-14-21(15-13-20)22-16-17-23(28-4-2)25(27)24(22)26;1-3-4-16-6-8-17(9-7-16)10-11-18-12-14-20(24(28)23(18)27)19-13-5-15(2)22(26)21(19)25/h7,18,20,22-26H,3-6,8-17,19H2,1-2H3;19-25H,4-18H2,1-3H3;14,16-20H,3-13,15H2,1-2H3;5,12-14,16-17H,3-4,6-11H2,1-2H3. The topological polar surface area (TPSA) is 18.5 Å². The molecular formula is C108H154Cl2F8O2. The van der Waals surface area contributed by atoms with Gasteiger partial charge < -0.3 is 9.47 Å². The summed E-state index contributed by atoms with van der Waals surface area (Å²) in [6, 6.07) is 16.8. The van der Waals surface area contributed by atoms with Crippen molar-refractivity contribution in [1.29, 1.82) is 0 Å². The van der Waals surface area contributed by atoms with Gasteiger partial charge in [-0.3, -0.25) is 0 Å². The highest BCUT2D eigenvalue weighted by Gasteiger charge is 2.37. The number of rotatable bonds is 32. The van der Waals surface area contributed by atoms with Crippen LogP contribution >= 0.6 is 23.2 Å². The number of halogens is 10. The van der Waals surface area contributed by atoms with Crippen LogP contribution in [0.4, 0.5) is 35.1 Å². The molecule has 0 aliphatic heterocycles. The zero-order valence-corrected chi connectivity index (χ0v) is 77.1. The Morgan fingerprint density at radius 3 is 1.28 bits per heavy atom. The van der Waals surface area contributed by atoms with Crippen LogP contribution in [0.15, 0.2) is 72.8 Å². The van der Waals surface area contributed by atoms with Crippen molar-refractivity contribution in [3.63, 3.8) is 0 Å². The Morgan fingerprint density at radius 1 is 0.333 bits per heavy atom. The maximum atomic E-state index is 15.3. The Morgan fingerprint density at radius 2 is 0.767 bits per heavy atom. The van der Waals surface area contributed by atoms with Crippen LogP contribution in [0.2, 0.25) is 10.0 Å². The Bertz CT molecular complexity index is 3930. The summed E-state index contributed by atoms with van der Waals surface area (Å²) >= 11 is 12.5. The molecule has 0 saturated heterocycles. The minimum absolute atomic E-state index is 0.00484. The average Bonchev–Trinajstić information content (AvgIpc) is 0.804. The van der Waals surface area contributed by atoms with E-state index in [2.05, 4.69) is 53.7 Å². The molecule has 0 spiro atoms. The normalized spacial score (nSPS) is 26.2. The molecule has 3 unspecified atom stereocenters. The molecule has 0 radical (unpaired) electrons. The second kappa shape index (κ2) is 50.5. The lowest BCUT2D eigenvalue weighted by atomic mass is 9.65. The van der Waals surface area contributed by atoms with Crippen molar-refractivity contribution in [2.45, 2.75) is 389 Å². The van der Waals surface area contributed by atoms with E-state index in [1.807, 2.05) is 12.1 Å². The number of allylic oxidation sites excluding steroid dienone is 4. The lowest BCUT2D eigenvalue weighted by molar-refractivity contribution is 0.120. The van der Waals surface area contributed by atoms with Gasteiger partial charge in [0.25, 0.3) is 0 Å². The lowest BCUT2D eigenvalue weighted by Gasteiger charge is -2.40. The number of aryl methyl sites for hydroxylation is 3. The second-order valence-corrected chi connectivity index (χ2v) is 39.6. The van der Waals surface area contributed by atoms with Gasteiger partial charge in [-0.15, -0.1) is 0 Å². The number of ether oxygens (including phenoxy) is 2. The van der Waals surface area contributed by atoms with E-state index in [1.165, 1.54) is 249 Å². The zero-order chi connectivity index (χ0) is 85.6. The third kappa shape index (κ3) is 27.9. The highest BCUT2D eigenvalue weighted by Crippen LogP contribution is 2.50. The molecule has 0 aromatic heterocycles. The van der Waals surface area contributed by atoms with E-state index in [0.29, 0.717) is 64.3 Å². The van der Waals surface area contributed by atoms with Gasteiger partial charge in [0.05, 0.1) is 17.7 Å². The van der Waals surface area contributed by atoms with Crippen molar-refractivity contribution < 1.29 is 44.6 Å². The van der Waals surface area contributed by atoms with E-state index in [1.54, 1.807) is 51.1 Å². The first-order chi connectivity index (χ1) is 58.2. The Labute approximate surface area is 732 Å². The first kappa shape index (κ1) is 97.4. The van der Waals surface area contributed by atoms with Crippen LogP contribution in [0.3, 0.4) is 0 Å². The summed E-state index contributed by atoms with van der Waals surface area (Å²) in [4.78, 5) is 0. The van der Waals surface area contributed by atoms with Crippen LogP contribution in [0.5, 0.6) is 11.5 Å². The molecule has 6 fully saturated rings. The maximum absolute atomic E-state index is 15.3. The molecule has 0 N–H and O–H groups in total. The van der Waals surface area contributed by atoms with Gasteiger partial charge in [0.1, 0.15) is 22.4 Å². The fourth-order valence-electron chi connectivity index (χ4n) is 23.1. The fraction of sp³-hybridized carbons (Fsp3) is 0.685. The number of benzene rings is 5. The maximum Gasteiger partial charge on any atom is 0.201 e. The molecule has 6 saturated carbocycles. The monoisotopic (exact) mass is 1710 g/mol. The zero-order valence-electron chi connectivity index (χ0n) is 75.5. The minimum atomic E-state index is -0.950. The van der Waals surface area contributed by atoms with Gasteiger partial charge >= 0.3 is 0 Å². The van der Waals surface area contributed by atoms with Gasteiger partial charge in [-0.25, -0.2) is 30.7 Å². The molecule has 8 aliphatic rings. The summed E-state index contributed by atoms with van der Waals surface area (Å²) in [7, 11) is 0. The molecule has 668 valence electrons. The summed E-state index contributed by atoms with van der Waals surface area (Å²) in [6.45, 7) is 18.8. The first-order valence-corrected chi connectivity index (χ1v) is 49.9. The molecule has 0 heterocycles. The smallest absolute Gasteiger partial charge is 0.201 e. The summed E-state index contributed by atoms with van der Waals surface area (Å²) in [5, 5.41) is 0.0164. The number of hydrogen-bond donors (Lipinski definition) is 0. The van der Waals surface area contributed by atoms with Gasteiger partial charge in [-0.1, -0.05) is 280 Å². The lowest BCUT2D eigenvalue weighted by Crippen LogP contribution is -2.28. The van der Waals surface area contributed by atoms with Crippen LogP contribution in [-0.4, -0.2) is 12.7 Å². The molecule has 2 nitrogen and oxygen atoms in total. The summed E-state index contributed by atoms with van der Waals surface area (Å²) in [6.07, 6.45) is 66.3. The predicted molar refractivity (Wildman–Crippen MR) is 489 cm³/mol. The first-order valence-electron chi connectivity index (χ1n) is 49.2. The Balaban J connectivity index is 0.000000168. The summed E-state index contributed by atoms with van der Waals surface area (Å²) < 4.78 is 127. The predicted octanol–water partition coefficient (Wildman–Crippen LogP) is 36.0. The molecule has 0 amide bonds. The van der Waals surface area contributed by atoms with Gasteiger partial charge in [-0.2, -0.15) is 4.39 Å². The third-order valence-corrected chi connectivity index (χ3v) is 31.5.